The fourth-order valence-corrected chi connectivity index (χ4v) is 3.48. The molecule has 2 N–H and O–H groups in total. The zero-order valence-electron chi connectivity index (χ0n) is 14.6. The molecule has 27 heavy (non-hydrogen) atoms. The Morgan fingerprint density at radius 2 is 1.37 bits per heavy atom. The minimum absolute atomic E-state index is 0.171. The summed E-state index contributed by atoms with van der Waals surface area (Å²) in [7, 11) is 0. The Bertz CT molecular complexity index is 848. The van der Waals surface area contributed by atoms with Crippen LogP contribution in [0.5, 0.6) is 23.0 Å². The summed E-state index contributed by atoms with van der Waals surface area (Å²) in [4.78, 5) is 11.9. The van der Waals surface area contributed by atoms with Gasteiger partial charge in [-0.05, 0) is 54.2 Å². The molecule has 2 aromatic rings. The van der Waals surface area contributed by atoms with E-state index in [1.165, 1.54) is 0 Å². The predicted molar refractivity (Wildman–Crippen MR) is 94.2 cm³/mol. The summed E-state index contributed by atoms with van der Waals surface area (Å²) in [6, 6.07) is 10.9. The summed E-state index contributed by atoms with van der Waals surface area (Å²) in [5.41, 5.74) is 1.73. The van der Waals surface area contributed by atoms with Gasteiger partial charge in [0.2, 0.25) is 13.6 Å². The predicted octanol–water partition coefficient (Wildman–Crippen LogP) is 2.24. The van der Waals surface area contributed by atoms with E-state index in [1.807, 2.05) is 18.2 Å². The Kier molecular flexibility index (Phi) is 4.77. The highest BCUT2D eigenvalue weighted by Gasteiger charge is 2.29. The molecule has 4 rings (SSSR count). The summed E-state index contributed by atoms with van der Waals surface area (Å²) < 4.78 is 21.3. The topological polar surface area (TPSA) is 94.5 Å². The number of ether oxygens (including phenoxy) is 4. The summed E-state index contributed by atoms with van der Waals surface area (Å²) in [5.74, 6) is 0.487. The van der Waals surface area contributed by atoms with Crippen molar-refractivity contribution >= 4 is 5.97 Å². The van der Waals surface area contributed by atoms with Crippen LogP contribution in [0.1, 0.15) is 11.1 Å². The molecule has 0 amide bonds. The highest BCUT2D eigenvalue weighted by atomic mass is 16.7. The molecule has 0 saturated carbocycles. The van der Waals surface area contributed by atoms with Crippen molar-refractivity contribution in [1.29, 1.82) is 0 Å². The first-order valence-electron chi connectivity index (χ1n) is 8.75. The smallest absolute Gasteiger partial charge is 0.307 e. The van der Waals surface area contributed by atoms with Crippen LogP contribution in [-0.4, -0.2) is 36.4 Å². The first-order chi connectivity index (χ1) is 13.1. The number of hydrogen-bond acceptors (Lipinski definition) is 6. The van der Waals surface area contributed by atoms with Gasteiger partial charge in [-0.3, -0.25) is 4.79 Å². The molecule has 2 aliphatic heterocycles. The number of carboxylic acid groups (broad SMARTS) is 1. The molecular weight excluding hydrogens is 352 g/mol. The second-order valence-electron chi connectivity index (χ2n) is 6.67. The van der Waals surface area contributed by atoms with Gasteiger partial charge < -0.3 is 29.2 Å². The van der Waals surface area contributed by atoms with E-state index in [9.17, 15) is 15.0 Å². The van der Waals surface area contributed by atoms with E-state index in [4.69, 9.17) is 18.9 Å². The number of aliphatic hydroxyl groups is 1. The normalized spacial score (nSPS) is 16.2. The number of hydrogen-bond donors (Lipinski definition) is 2. The lowest BCUT2D eigenvalue weighted by atomic mass is 9.83. The van der Waals surface area contributed by atoms with Crippen molar-refractivity contribution in [3.8, 4) is 23.0 Å². The molecule has 2 aliphatic rings. The van der Waals surface area contributed by atoms with Crippen LogP contribution < -0.4 is 18.9 Å². The zero-order valence-corrected chi connectivity index (χ0v) is 14.6. The van der Waals surface area contributed by atoms with Gasteiger partial charge in [-0.1, -0.05) is 12.1 Å². The van der Waals surface area contributed by atoms with Gasteiger partial charge in [0.25, 0.3) is 0 Å². The minimum atomic E-state index is -0.938. The van der Waals surface area contributed by atoms with E-state index in [1.54, 1.807) is 18.2 Å². The maximum atomic E-state index is 11.9. The first-order valence-corrected chi connectivity index (χ1v) is 8.75. The molecular formula is C20H20O7. The monoisotopic (exact) mass is 372 g/mol. The number of aliphatic hydroxyl groups excluding tert-OH is 1. The van der Waals surface area contributed by atoms with Crippen molar-refractivity contribution in [2.24, 2.45) is 11.8 Å². The van der Waals surface area contributed by atoms with Gasteiger partial charge in [-0.15, -0.1) is 0 Å². The third-order valence-corrected chi connectivity index (χ3v) is 4.95. The molecule has 0 bridgehead atoms. The minimum Gasteiger partial charge on any atom is -0.481 e. The van der Waals surface area contributed by atoms with E-state index < -0.39 is 17.8 Å². The number of carboxylic acids is 1. The van der Waals surface area contributed by atoms with Crippen molar-refractivity contribution < 1.29 is 34.0 Å². The molecule has 0 fully saturated rings. The molecule has 7 nitrogen and oxygen atoms in total. The molecule has 142 valence electrons. The average Bonchev–Trinajstić information content (AvgIpc) is 3.32. The van der Waals surface area contributed by atoms with Crippen LogP contribution in [0.2, 0.25) is 0 Å². The number of fused-ring (bicyclic) bond motifs is 2. The molecule has 0 spiro atoms. The number of carbonyl (C=O) groups is 1. The van der Waals surface area contributed by atoms with Crippen LogP contribution in [0.15, 0.2) is 36.4 Å². The summed E-state index contributed by atoms with van der Waals surface area (Å²) in [6.45, 7) is 0.130. The maximum Gasteiger partial charge on any atom is 0.307 e. The molecule has 2 unspecified atom stereocenters. The molecule has 2 heterocycles. The van der Waals surface area contributed by atoms with Crippen LogP contribution in [0.3, 0.4) is 0 Å². The van der Waals surface area contributed by atoms with Crippen LogP contribution in [-0.2, 0) is 17.6 Å². The molecule has 7 heteroatoms. The number of rotatable bonds is 7. The average molecular weight is 372 g/mol. The van der Waals surface area contributed by atoms with E-state index in [0.29, 0.717) is 35.8 Å². The van der Waals surface area contributed by atoms with E-state index in [-0.39, 0.29) is 20.2 Å². The Morgan fingerprint density at radius 1 is 0.852 bits per heavy atom. The Morgan fingerprint density at radius 3 is 1.89 bits per heavy atom. The zero-order chi connectivity index (χ0) is 18.8. The molecule has 0 saturated heterocycles. The largest absolute Gasteiger partial charge is 0.481 e. The van der Waals surface area contributed by atoms with Gasteiger partial charge >= 0.3 is 5.97 Å². The van der Waals surface area contributed by atoms with Gasteiger partial charge in [-0.25, -0.2) is 0 Å². The summed E-state index contributed by atoms with van der Waals surface area (Å²) in [5, 5.41) is 19.6. The van der Waals surface area contributed by atoms with Crippen LogP contribution in [0.4, 0.5) is 0 Å². The lowest BCUT2D eigenvalue weighted by Crippen LogP contribution is -2.30. The highest BCUT2D eigenvalue weighted by molar-refractivity contribution is 5.71. The molecule has 0 radical (unpaired) electrons. The van der Waals surface area contributed by atoms with Crippen molar-refractivity contribution in [1.82, 2.24) is 0 Å². The van der Waals surface area contributed by atoms with Crippen LogP contribution in [0.25, 0.3) is 0 Å². The molecule has 2 atom stereocenters. The fourth-order valence-electron chi connectivity index (χ4n) is 3.48. The summed E-state index contributed by atoms with van der Waals surface area (Å²) in [6.07, 6.45) is 0.719. The fraction of sp³-hybridized carbons (Fsp3) is 0.350. The van der Waals surface area contributed by atoms with Gasteiger partial charge in [0, 0.05) is 6.61 Å². The second kappa shape index (κ2) is 7.36. The Labute approximate surface area is 156 Å². The number of benzene rings is 2. The van der Waals surface area contributed by atoms with E-state index >= 15 is 0 Å². The van der Waals surface area contributed by atoms with Crippen molar-refractivity contribution in [2.45, 2.75) is 12.8 Å². The first kappa shape index (κ1) is 17.5. The lowest BCUT2D eigenvalue weighted by Gasteiger charge is -2.22. The standard InChI is InChI=1S/C20H20O7/c21-9-14(5-12-1-3-16-18(7-12)26-10-24-16)15(20(22)23)6-13-2-4-17-19(8-13)27-11-25-17/h1-4,7-8,14-15,21H,5-6,9-11H2,(H,22,23). The second-order valence-corrected chi connectivity index (χ2v) is 6.67. The quantitative estimate of drug-likeness (QED) is 0.770. The Balaban J connectivity index is 1.51. The third-order valence-electron chi connectivity index (χ3n) is 4.95. The SMILES string of the molecule is O=C(O)C(Cc1ccc2c(c1)OCO2)C(CO)Cc1ccc2c(c1)OCO2. The molecule has 2 aromatic carbocycles. The van der Waals surface area contributed by atoms with Crippen molar-refractivity contribution in [3.63, 3.8) is 0 Å². The molecule has 0 aromatic heterocycles. The van der Waals surface area contributed by atoms with E-state index in [2.05, 4.69) is 0 Å². The van der Waals surface area contributed by atoms with Gasteiger partial charge in [-0.2, -0.15) is 0 Å². The van der Waals surface area contributed by atoms with Crippen LogP contribution >= 0.6 is 0 Å². The Hall–Kier alpha value is -2.93. The molecule has 0 aliphatic carbocycles. The highest BCUT2D eigenvalue weighted by Crippen LogP contribution is 2.35. The van der Waals surface area contributed by atoms with Gasteiger partial charge in [0.1, 0.15) is 0 Å². The van der Waals surface area contributed by atoms with Crippen molar-refractivity contribution in [3.05, 3.63) is 47.5 Å². The van der Waals surface area contributed by atoms with Crippen LogP contribution in [0, 0.1) is 11.8 Å². The summed E-state index contributed by atoms with van der Waals surface area (Å²) >= 11 is 0. The van der Waals surface area contributed by atoms with Gasteiger partial charge in [0.05, 0.1) is 5.92 Å². The van der Waals surface area contributed by atoms with E-state index in [0.717, 1.165) is 11.1 Å². The van der Waals surface area contributed by atoms with Gasteiger partial charge in [0.15, 0.2) is 23.0 Å². The lowest BCUT2D eigenvalue weighted by molar-refractivity contribution is -0.144. The number of aliphatic carboxylic acids is 1. The third kappa shape index (κ3) is 3.64. The van der Waals surface area contributed by atoms with Crippen molar-refractivity contribution in [2.75, 3.05) is 20.2 Å². The maximum absolute atomic E-state index is 11.9.